The van der Waals surface area contributed by atoms with Gasteiger partial charge in [-0.3, -0.25) is 9.69 Å². The van der Waals surface area contributed by atoms with E-state index in [-0.39, 0.29) is 23.7 Å². The van der Waals surface area contributed by atoms with Gasteiger partial charge in [0.1, 0.15) is 11.8 Å². The number of amides is 1. The summed E-state index contributed by atoms with van der Waals surface area (Å²) in [5, 5.41) is 9.56. The van der Waals surface area contributed by atoms with Crippen molar-refractivity contribution in [2.24, 2.45) is 0 Å². The van der Waals surface area contributed by atoms with Crippen molar-refractivity contribution in [1.82, 2.24) is 0 Å². The molecule has 0 N–H and O–H groups in total. The number of carbonyl (C=O) groups is 2. The first kappa shape index (κ1) is 17.7. The average molecular weight is 352 g/mol. The molecular weight excluding hydrogens is 332 g/mol. The van der Waals surface area contributed by atoms with Gasteiger partial charge in [0.25, 0.3) is 5.91 Å². The van der Waals surface area contributed by atoms with E-state index in [4.69, 9.17) is 9.47 Å². The summed E-state index contributed by atoms with van der Waals surface area (Å²) in [5.74, 6) is -0.621. The lowest BCUT2D eigenvalue weighted by Gasteiger charge is -2.38. The fraction of sp³-hybridized carbons (Fsp3) is 0.350. The van der Waals surface area contributed by atoms with E-state index in [1.54, 1.807) is 17.9 Å². The minimum Gasteiger partial charge on any atom is -0.497 e. The summed E-state index contributed by atoms with van der Waals surface area (Å²) in [7, 11) is 1.54. The molecule has 1 amide bonds. The zero-order valence-corrected chi connectivity index (χ0v) is 15.5. The molecule has 2 heterocycles. The Morgan fingerprint density at radius 3 is 2.54 bits per heavy atom. The molecule has 134 valence electrons. The van der Waals surface area contributed by atoms with E-state index in [2.05, 4.69) is 0 Å². The van der Waals surface area contributed by atoms with E-state index in [9.17, 15) is 14.9 Å². The number of allylic oxidation sites excluding steroid dienone is 1. The normalized spacial score (nSPS) is 18.7. The predicted molar refractivity (Wildman–Crippen MR) is 97.4 cm³/mol. The summed E-state index contributed by atoms with van der Waals surface area (Å²) in [6.45, 7) is 7.59. The molecule has 6 nitrogen and oxygen atoms in total. The van der Waals surface area contributed by atoms with Crippen molar-refractivity contribution in [1.29, 1.82) is 5.26 Å². The van der Waals surface area contributed by atoms with E-state index in [0.717, 1.165) is 11.1 Å². The van der Waals surface area contributed by atoms with Crippen LogP contribution in [0.5, 0.6) is 5.75 Å². The molecule has 0 bridgehead atoms. The predicted octanol–water partition coefficient (Wildman–Crippen LogP) is 3.08. The molecule has 0 saturated carbocycles. The minimum atomic E-state index is -0.794. The summed E-state index contributed by atoms with van der Waals surface area (Å²) in [6.07, 6.45) is 2.00. The van der Waals surface area contributed by atoms with Crippen LogP contribution in [0.4, 0.5) is 5.69 Å². The summed E-state index contributed by atoms with van der Waals surface area (Å²) in [5.41, 5.74) is 2.28. The van der Waals surface area contributed by atoms with Gasteiger partial charge in [0.05, 0.1) is 30.5 Å². The fourth-order valence-corrected chi connectivity index (χ4v) is 3.66. The molecule has 0 spiro atoms. The highest BCUT2D eigenvalue weighted by Crippen LogP contribution is 2.51. The topological polar surface area (TPSA) is 79.6 Å². The second kappa shape index (κ2) is 6.03. The van der Waals surface area contributed by atoms with Gasteiger partial charge in [-0.25, -0.2) is 4.79 Å². The Morgan fingerprint density at radius 1 is 1.31 bits per heavy atom. The van der Waals surface area contributed by atoms with Gasteiger partial charge in [0.15, 0.2) is 5.57 Å². The molecule has 0 atom stereocenters. The Morgan fingerprint density at radius 2 is 1.96 bits per heavy atom. The molecule has 3 rings (SSSR count). The van der Waals surface area contributed by atoms with Gasteiger partial charge in [0, 0.05) is 11.1 Å². The van der Waals surface area contributed by atoms with Crippen molar-refractivity contribution in [3.8, 4) is 11.8 Å². The Balaban J connectivity index is 2.39. The van der Waals surface area contributed by atoms with Crippen LogP contribution in [0.25, 0.3) is 11.1 Å². The largest absolute Gasteiger partial charge is 0.497 e. The Bertz CT molecular complexity index is 932. The number of ether oxygens (including phenoxy) is 2. The Kier molecular flexibility index (Phi) is 4.11. The molecular formula is C20H20N2O4. The number of methoxy groups -OCH3 is 1. The molecule has 1 aromatic rings. The number of nitriles is 1. The Hall–Kier alpha value is -3.07. The van der Waals surface area contributed by atoms with Gasteiger partial charge in [-0.15, -0.1) is 0 Å². The fourth-order valence-electron chi connectivity index (χ4n) is 3.66. The van der Waals surface area contributed by atoms with Crippen molar-refractivity contribution in [2.75, 3.05) is 18.6 Å². The van der Waals surface area contributed by atoms with E-state index in [0.29, 0.717) is 17.0 Å². The molecule has 0 aliphatic carbocycles. The molecule has 0 radical (unpaired) electrons. The summed E-state index contributed by atoms with van der Waals surface area (Å²) >= 11 is 0. The number of esters is 1. The maximum Gasteiger partial charge on any atom is 0.349 e. The number of hydrogen-bond donors (Lipinski definition) is 0. The van der Waals surface area contributed by atoms with Crippen LogP contribution < -0.4 is 9.64 Å². The molecule has 0 aromatic heterocycles. The van der Waals surface area contributed by atoms with Crippen LogP contribution in [0.1, 0.15) is 38.8 Å². The maximum absolute atomic E-state index is 13.2. The highest BCUT2D eigenvalue weighted by atomic mass is 16.5. The molecule has 0 unspecified atom stereocenters. The van der Waals surface area contributed by atoms with Gasteiger partial charge < -0.3 is 9.47 Å². The Labute approximate surface area is 152 Å². The quantitative estimate of drug-likeness (QED) is 0.474. The second-order valence-electron chi connectivity index (χ2n) is 6.77. The van der Waals surface area contributed by atoms with Crippen molar-refractivity contribution in [2.45, 2.75) is 33.2 Å². The number of hydrogen-bond acceptors (Lipinski definition) is 5. The smallest absolute Gasteiger partial charge is 0.349 e. The second-order valence-corrected chi connectivity index (χ2v) is 6.77. The molecule has 26 heavy (non-hydrogen) atoms. The number of nitrogens with zero attached hydrogens (tertiary/aromatic N) is 2. The monoisotopic (exact) mass is 352 g/mol. The maximum atomic E-state index is 13.2. The summed E-state index contributed by atoms with van der Waals surface area (Å²) < 4.78 is 10.3. The number of anilines is 1. The third kappa shape index (κ3) is 2.39. The minimum absolute atomic E-state index is 0.0669. The lowest BCUT2D eigenvalue weighted by molar-refractivity contribution is -0.138. The van der Waals surface area contributed by atoms with Gasteiger partial charge in [-0.05, 0) is 45.4 Å². The first-order valence-corrected chi connectivity index (χ1v) is 8.35. The first-order chi connectivity index (χ1) is 12.3. The molecule has 2 aliphatic rings. The van der Waals surface area contributed by atoms with E-state index >= 15 is 0 Å². The van der Waals surface area contributed by atoms with Crippen LogP contribution in [0.3, 0.4) is 0 Å². The molecule has 6 heteroatoms. The summed E-state index contributed by atoms with van der Waals surface area (Å²) in [4.78, 5) is 27.2. The third-order valence-corrected chi connectivity index (χ3v) is 4.64. The number of rotatable bonds is 3. The SMILES string of the molecule is CCOC(=O)/C(C#N)=C1/C(=O)N2c3c(cc(OC)cc31)C(C)=CC2(C)C. The van der Waals surface area contributed by atoms with Crippen molar-refractivity contribution >= 4 is 28.7 Å². The zero-order chi connectivity index (χ0) is 19.2. The molecule has 0 fully saturated rings. The molecule has 0 saturated heterocycles. The number of benzene rings is 1. The van der Waals surface area contributed by atoms with Crippen LogP contribution in [-0.4, -0.2) is 31.1 Å². The van der Waals surface area contributed by atoms with Crippen molar-refractivity contribution in [3.05, 3.63) is 34.9 Å². The zero-order valence-electron chi connectivity index (χ0n) is 15.5. The summed E-state index contributed by atoms with van der Waals surface area (Å²) in [6, 6.07) is 5.41. The highest BCUT2D eigenvalue weighted by Gasteiger charge is 2.46. The molecule has 2 aliphatic heterocycles. The number of carbonyl (C=O) groups excluding carboxylic acids is 2. The van der Waals surface area contributed by atoms with Gasteiger partial charge in [-0.2, -0.15) is 5.26 Å². The van der Waals surface area contributed by atoms with Crippen LogP contribution in [0.15, 0.2) is 23.8 Å². The van der Waals surface area contributed by atoms with Crippen LogP contribution in [0.2, 0.25) is 0 Å². The van der Waals surface area contributed by atoms with Gasteiger partial charge in [-0.1, -0.05) is 6.08 Å². The average Bonchev–Trinajstić information content (AvgIpc) is 2.87. The van der Waals surface area contributed by atoms with E-state index in [1.807, 2.05) is 39.0 Å². The van der Waals surface area contributed by atoms with Crippen LogP contribution in [-0.2, 0) is 14.3 Å². The van der Waals surface area contributed by atoms with Crippen molar-refractivity contribution in [3.63, 3.8) is 0 Å². The van der Waals surface area contributed by atoms with E-state index < -0.39 is 11.5 Å². The lowest BCUT2D eigenvalue weighted by Crippen LogP contribution is -2.46. The lowest BCUT2D eigenvalue weighted by atomic mass is 9.88. The van der Waals surface area contributed by atoms with E-state index in [1.165, 1.54) is 7.11 Å². The van der Waals surface area contributed by atoms with Crippen molar-refractivity contribution < 1.29 is 19.1 Å². The highest BCUT2D eigenvalue weighted by molar-refractivity contribution is 6.38. The van der Waals surface area contributed by atoms with Crippen LogP contribution >= 0.6 is 0 Å². The first-order valence-electron chi connectivity index (χ1n) is 8.35. The third-order valence-electron chi connectivity index (χ3n) is 4.64. The van der Waals surface area contributed by atoms with Crippen LogP contribution in [0, 0.1) is 11.3 Å². The molecule has 1 aromatic carbocycles. The standard InChI is InChI=1S/C20H20N2O4/c1-6-26-19(24)15(10-21)16-14-8-12(25-5)7-13-11(2)9-20(3,4)22(17(13)14)18(16)23/h7-9H,6H2,1-5H3/b16-15+. The van der Waals surface area contributed by atoms with Gasteiger partial charge in [0.2, 0.25) is 0 Å². The van der Waals surface area contributed by atoms with Gasteiger partial charge >= 0.3 is 5.97 Å².